The number of nitrogen functional groups attached to an aromatic ring is 1. The molecular formula is C22H18F2N4O2S. The van der Waals surface area contributed by atoms with E-state index in [1.54, 1.807) is 19.1 Å². The highest BCUT2D eigenvalue weighted by Crippen LogP contribution is 2.33. The number of benzene rings is 3. The first kappa shape index (κ1) is 20.7. The zero-order valence-electron chi connectivity index (χ0n) is 16.6. The van der Waals surface area contributed by atoms with Crippen LogP contribution < -0.4 is 10.5 Å². The third-order valence-electron chi connectivity index (χ3n) is 5.01. The molecule has 3 aromatic carbocycles. The molecule has 0 aliphatic carbocycles. The van der Waals surface area contributed by atoms with Gasteiger partial charge in [0.15, 0.2) is 5.82 Å². The van der Waals surface area contributed by atoms with Crippen LogP contribution in [0.25, 0.3) is 22.0 Å². The topological polar surface area (TPSA) is 98.0 Å². The summed E-state index contributed by atoms with van der Waals surface area (Å²) in [7, 11) is -4.07. The standard InChI is InChI=1S/C22H18F2N4O2S/c1-12-3-5-16(9-13(12)2)31(29,30)28-19-8-6-17(23)20(21(19)24)14-4-7-18-15(10-14)11-26-22(25)27-18/h3-11,28H,1-2H3,(H2,25,26,27). The van der Waals surface area contributed by atoms with Gasteiger partial charge in [0.25, 0.3) is 10.0 Å². The fourth-order valence-electron chi connectivity index (χ4n) is 3.18. The highest BCUT2D eigenvalue weighted by atomic mass is 32.2. The lowest BCUT2D eigenvalue weighted by Gasteiger charge is -2.13. The molecule has 0 saturated heterocycles. The average molecular weight is 440 g/mol. The first-order valence-electron chi connectivity index (χ1n) is 9.26. The minimum absolute atomic E-state index is 0.0127. The highest BCUT2D eigenvalue weighted by Gasteiger charge is 2.21. The number of aromatic nitrogens is 2. The molecule has 0 unspecified atom stereocenters. The van der Waals surface area contributed by atoms with Gasteiger partial charge in [-0.2, -0.15) is 0 Å². The minimum Gasteiger partial charge on any atom is -0.368 e. The maximum atomic E-state index is 15.3. The van der Waals surface area contributed by atoms with Crippen LogP contribution in [0.5, 0.6) is 0 Å². The summed E-state index contributed by atoms with van der Waals surface area (Å²) in [4.78, 5) is 7.93. The molecule has 0 saturated carbocycles. The van der Waals surface area contributed by atoms with Crippen LogP contribution in [0, 0.1) is 25.5 Å². The molecule has 4 aromatic rings. The zero-order valence-corrected chi connectivity index (χ0v) is 17.5. The summed E-state index contributed by atoms with van der Waals surface area (Å²) in [6.45, 7) is 3.63. The van der Waals surface area contributed by atoms with Gasteiger partial charge in [0.05, 0.1) is 21.7 Å². The number of hydrogen-bond donors (Lipinski definition) is 2. The van der Waals surface area contributed by atoms with Gasteiger partial charge in [-0.25, -0.2) is 27.2 Å². The van der Waals surface area contributed by atoms with Crippen LogP contribution in [-0.4, -0.2) is 18.4 Å². The van der Waals surface area contributed by atoms with Crippen molar-refractivity contribution in [2.75, 3.05) is 10.5 Å². The van der Waals surface area contributed by atoms with Crippen molar-refractivity contribution in [3.8, 4) is 11.1 Å². The smallest absolute Gasteiger partial charge is 0.261 e. The molecule has 0 spiro atoms. The Hall–Kier alpha value is -3.59. The minimum atomic E-state index is -4.07. The number of halogens is 2. The molecule has 0 aliphatic heterocycles. The monoisotopic (exact) mass is 440 g/mol. The quantitative estimate of drug-likeness (QED) is 0.484. The maximum Gasteiger partial charge on any atom is 0.261 e. The summed E-state index contributed by atoms with van der Waals surface area (Å²) in [5.41, 5.74) is 7.27. The maximum absolute atomic E-state index is 15.3. The predicted octanol–water partition coefficient (Wildman–Crippen LogP) is 4.57. The second-order valence-electron chi connectivity index (χ2n) is 7.14. The molecule has 6 nitrogen and oxygen atoms in total. The van der Waals surface area contributed by atoms with Crippen molar-refractivity contribution in [1.82, 2.24) is 9.97 Å². The molecule has 0 bridgehead atoms. The Morgan fingerprint density at radius 1 is 0.968 bits per heavy atom. The van der Waals surface area contributed by atoms with Crippen LogP contribution in [0.1, 0.15) is 11.1 Å². The third-order valence-corrected chi connectivity index (χ3v) is 6.37. The van der Waals surface area contributed by atoms with Crippen molar-refractivity contribution in [2.24, 2.45) is 0 Å². The van der Waals surface area contributed by atoms with E-state index >= 15 is 4.39 Å². The Kier molecular flexibility index (Phi) is 5.06. The van der Waals surface area contributed by atoms with Gasteiger partial charge < -0.3 is 5.73 Å². The number of nitrogens with two attached hydrogens (primary N) is 1. The molecule has 4 rings (SSSR count). The summed E-state index contributed by atoms with van der Waals surface area (Å²) < 4.78 is 57.6. The second-order valence-corrected chi connectivity index (χ2v) is 8.82. The molecule has 0 atom stereocenters. The van der Waals surface area contributed by atoms with E-state index in [4.69, 9.17) is 5.73 Å². The van der Waals surface area contributed by atoms with Crippen LogP contribution in [0.3, 0.4) is 0 Å². The largest absolute Gasteiger partial charge is 0.368 e. The van der Waals surface area contributed by atoms with Gasteiger partial charge in [-0.05, 0) is 66.9 Å². The van der Waals surface area contributed by atoms with Crippen molar-refractivity contribution in [3.63, 3.8) is 0 Å². The Morgan fingerprint density at radius 2 is 1.74 bits per heavy atom. The lowest BCUT2D eigenvalue weighted by Crippen LogP contribution is -2.15. The summed E-state index contributed by atoms with van der Waals surface area (Å²) in [5, 5.41) is 0.534. The van der Waals surface area contributed by atoms with Gasteiger partial charge in [0.2, 0.25) is 5.95 Å². The lowest BCUT2D eigenvalue weighted by molar-refractivity contribution is 0.587. The SMILES string of the molecule is Cc1ccc(S(=O)(=O)Nc2ccc(F)c(-c3ccc4nc(N)ncc4c3)c2F)cc1C. The summed E-state index contributed by atoms with van der Waals surface area (Å²) in [6, 6.07) is 11.2. The Labute approximate surface area is 177 Å². The Morgan fingerprint density at radius 3 is 2.48 bits per heavy atom. The first-order valence-corrected chi connectivity index (χ1v) is 10.7. The van der Waals surface area contributed by atoms with Gasteiger partial charge in [0.1, 0.15) is 5.82 Å². The molecule has 1 heterocycles. The molecule has 9 heteroatoms. The van der Waals surface area contributed by atoms with Gasteiger partial charge in [-0.1, -0.05) is 12.1 Å². The molecule has 31 heavy (non-hydrogen) atoms. The van der Waals surface area contributed by atoms with E-state index in [2.05, 4.69) is 14.7 Å². The number of fused-ring (bicyclic) bond motifs is 1. The molecule has 3 N–H and O–H groups in total. The van der Waals surface area contributed by atoms with E-state index in [-0.39, 0.29) is 27.7 Å². The van der Waals surface area contributed by atoms with Crippen molar-refractivity contribution >= 4 is 32.6 Å². The van der Waals surface area contributed by atoms with E-state index in [1.165, 1.54) is 30.5 Å². The van der Waals surface area contributed by atoms with E-state index < -0.39 is 21.7 Å². The van der Waals surface area contributed by atoms with Gasteiger partial charge in [-0.3, -0.25) is 4.72 Å². The number of sulfonamides is 1. The number of aryl methyl sites for hydroxylation is 2. The van der Waals surface area contributed by atoms with Crippen molar-refractivity contribution in [1.29, 1.82) is 0 Å². The molecule has 0 radical (unpaired) electrons. The molecule has 158 valence electrons. The fourth-order valence-corrected chi connectivity index (χ4v) is 4.33. The lowest BCUT2D eigenvalue weighted by atomic mass is 10.0. The Balaban J connectivity index is 1.77. The fraction of sp³-hybridized carbons (Fsp3) is 0.0909. The van der Waals surface area contributed by atoms with Crippen LogP contribution in [0.4, 0.5) is 20.4 Å². The van der Waals surface area contributed by atoms with Crippen molar-refractivity contribution in [2.45, 2.75) is 18.7 Å². The first-order chi connectivity index (χ1) is 14.7. The predicted molar refractivity (Wildman–Crippen MR) is 116 cm³/mol. The van der Waals surface area contributed by atoms with Gasteiger partial charge in [-0.15, -0.1) is 0 Å². The van der Waals surface area contributed by atoms with E-state index in [0.29, 0.717) is 10.9 Å². The van der Waals surface area contributed by atoms with Crippen LogP contribution in [0.15, 0.2) is 59.6 Å². The third kappa shape index (κ3) is 3.91. The van der Waals surface area contributed by atoms with Gasteiger partial charge >= 0.3 is 0 Å². The number of hydrogen-bond acceptors (Lipinski definition) is 5. The number of nitrogens with one attached hydrogen (secondary N) is 1. The number of nitrogens with zero attached hydrogens (tertiary/aromatic N) is 2. The van der Waals surface area contributed by atoms with Crippen molar-refractivity contribution in [3.05, 3.63) is 77.5 Å². The molecular weight excluding hydrogens is 422 g/mol. The normalized spacial score (nSPS) is 11.6. The molecule has 0 aliphatic rings. The van der Waals surface area contributed by atoms with Crippen molar-refractivity contribution < 1.29 is 17.2 Å². The molecule has 1 aromatic heterocycles. The van der Waals surface area contributed by atoms with Crippen LogP contribution in [0.2, 0.25) is 0 Å². The van der Waals surface area contributed by atoms with Crippen LogP contribution in [-0.2, 0) is 10.0 Å². The van der Waals surface area contributed by atoms with E-state index in [9.17, 15) is 12.8 Å². The van der Waals surface area contributed by atoms with E-state index in [1.807, 2.05) is 6.92 Å². The summed E-state index contributed by atoms with van der Waals surface area (Å²) in [6.07, 6.45) is 1.45. The second kappa shape index (κ2) is 7.59. The number of anilines is 2. The number of rotatable bonds is 4. The van der Waals surface area contributed by atoms with E-state index in [0.717, 1.165) is 23.3 Å². The van der Waals surface area contributed by atoms with Gasteiger partial charge in [0, 0.05) is 11.6 Å². The Bertz CT molecular complexity index is 1440. The summed E-state index contributed by atoms with van der Waals surface area (Å²) >= 11 is 0. The highest BCUT2D eigenvalue weighted by molar-refractivity contribution is 7.92. The summed E-state index contributed by atoms with van der Waals surface area (Å²) in [5.74, 6) is -1.77. The molecule has 0 fully saturated rings. The van der Waals surface area contributed by atoms with Crippen LogP contribution >= 0.6 is 0 Å². The molecule has 0 amide bonds. The zero-order chi connectivity index (χ0) is 22.3. The average Bonchev–Trinajstić information content (AvgIpc) is 2.72.